The molecule has 1 aromatic heterocycles. The van der Waals surface area contributed by atoms with Crippen LogP contribution >= 0.6 is 0 Å². The third-order valence-electron chi connectivity index (χ3n) is 3.49. The number of aliphatic imine (C=N–C) groups is 1. The Hall–Kier alpha value is -1.78. The molecule has 124 valence electrons. The van der Waals surface area contributed by atoms with E-state index in [1.807, 2.05) is 18.3 Å². The number of hydrogen-bond acceptors (Lipinski definition) is 3. The van der Waals surface area contributed by atoms with Gasteiger partial charge in [-0.15, -0.1) is 0 Å². The summed E-state index contributed by atoms with van der Waals surface area (Å²) in [5.41, 5.74) is 1.09. The molecule has 0 fully saturated rings. The zero-order valence-corrected chi connectivity index (χ0v) is 14.5. The van der Waals surface area contributed by atoms with Crippen molar-refractivity contribution in [1.29, 1.82) is 0 Å². The number of aromatic nitrogens is 1. The fourth-order valence-corrected chi connectivity index (χ4v) is 2.15. The quantitative estimate of drug-likeness (QED) is 0.572. The highest BCUT2D eigenvalue weighted by Gasteiger charge is 2.06. The first-order valence-electron chi connectivity index (χ1n) is 8.01. The molecule has 0 radical (unpaired) electrons. The van der Waals surface area contributed by atoms with E-state index >= 15 is 0 Å². The van der Waals surface area contributed by atoms with Gasteiger partial charge >= 0.3 is 0 Å². The maximum atomic E-state index is 5.06. The molecule has 0 spiro atoms. The van der Waals surface area contributed by atoms with Crippen molar-refractivity contribution in [3.05, 3.63) is 23.9 Å². The normalized spacial score (nSPS) is 13.1. The van der Waals surface area contributed by atoms with E-state index in [1.165, 1.54) is 12.8 Å². The Labute approximate surface area is 134 Å². The van der Waals surface area contributed by atoms with Crippen molar-refractivity contribution in [1.82, 2.24) is 15.6 Å². The molecule has 0 amide bonds. The summed E-state index contributed by atoms with van der Waals surface area (Å²) < 4.78 is 5.06. The molecule has 1 aromatic rings. The molecule has 0 aromatic carbocycles. The Morgan fingerprint density at radius 3 is 2.59 bits per heavy atom. The molecule has 0 bridgehead atoms. The molecular weight excluding hydrogens is 276 g/mol. The lowest BCUT2D eigenvalue weighted by Crippen LogP contribution is -2.41. The first-order chi connectivity index (χ1) is 10.5. The number of hydrogen-bond donors (Lipinski definition) is 2. The molecule has 5 nitrogen and oxygen atoms in total. The average molecular weight is 306 g/mol. The van der Waals surface area contributed by atoms with Gasteiger partial charge in [-0.25, -0.2) is 4.98 Å². The van der Waals surface area contributed by atoms with Gasteiger partial charge < -0.3 is 15.4 Å². The van der Waals surface area contributed by atoms with Gasteiger partial charge in [-0.2, -0.15) is 0 Å². The summed E-state index contributed by atoms with van der Waals surface area (Å²) in [5.74, 6) is 2.23. The summed E-state index contributed by atoms with van der Waals surface area (Å²) in [5, 5.41) is 6.74. The molecule has 1 heterocycles. The lowest BCUT2D eigenvalue weighted by atomic mass is 10.0. The Bertz CT molecular complexity index is 442. The molecule has 2 N–H and O–H groups in total. The first kappa shape index (κ1) is 18.3. The molecule has 0 aliphatic heterocycles. The van der Waals surface area contributed by atoms with Crippen LogP contribution in [0.3, 0.4) is 0 Å². The van der Waals surface area contributed by atoms with Crippen molar-refractivity contribution in [3.8, 4) is 5.88 Å². The second kappa shape index (κ2) is 10.0. The summed E-state index contributed by atoms with van der Waals surface area (Å²) in [6, 6.07) is 4.28. The van der Waals surface area contributed by atoms with E-state index in [0.29, 0.717) is 18.5 Å². The van der Waals surface area contributed by atoms with Crippen molar-refractivity contribution >= 4 is 5.96 Å². The van der Waals surface area contributed by atoms with Crippen LogP contribution < -0.4 is 15.4 Å². The smallest absolute Gasteiger partial charge is 0.212 e. The van der Waals surface area contributed by atoms with Crippen LogP contribution in [-0.2, 0) is 6.54 Å². The van der Waals surface area contributed by atoms with Crippen LogP contribution in [-0.4, -0.2) is 31.1 Å². The van der Waals surface area contributed by atoms with E-state index in [0.717, 1.165) is 23.9 Å². The monoisotopic (exact) mass is 306 g/mol. The Morgan fingerprint density at radius 1 is 1.27 bits per heavy atom. The number of rotatable bonds is 8. The van der Waals surface area contributed by atoms with Gasteiger partial charge in [0, 0.05) is 31.9 Å². The minimum atomic E-state index is 0.416. The van der Waals surface area contributed by atoms with Crippen molar-refractivity contribution in [2.24, 2.45) is 10.9 Å². The first-order valence-corrected chi connectivity index (χ1v) is 8.01. The third kappa shape index (κ3) is 7.29. The molecule has 0 saturated heterocycles. The second-order valence-electron chi connectivity index (χ2n) is 6.00. The van der Waals surface area contributed by atoms with Crippen molar-refractivity contribution in [3.63, 3.8) is 0 Å². The summed E-state index contributed by atoms with van der Waals surface area (Å²) in [6.45, 7) is 7.42. The maximum Gasteiger partial charge on any atom is 0.212 e. The van der Waals surface area contributed by atoms with Crippen molar-refractivity contribution < 1.29 is 4.74 Å². The van der Waals surface area contributed by atoms with Crippen LogP contribution in [0.1, 0.15) is 45.6 Å². The second-order valence-corrected chi connectivity index (χ2v) is 6.00. The molecule has 0 saturated carbocycles. The van der Waals surface area contributed by atoms with Crippen LogP contribution in [0.4, 0.5) is 0 Å². The minimum Gasteiger partial charge on any atom is -0.481 e. The largest absolute Gasteiger partial charge is 0.481 e. The Kier molecular flexibility index (Phi) is 8.33. The fraction of sp³-hybridized carbons (Fsp3) is 0.647. The summed E-state index contributed by atoms with van der Waals surface area (Å²) in [4.78, 5) is 8.47. The van der Waals surface area contributed by atoms with Crippen LogP contribution in [0.25, 0.3) is 0 Å². The fourth-order valence-electron chi connectivity index (χ4n) is 2.15. The van der Waals surface area contributed by atoms with Gasteiger partial charge in [-0.1, -0.05) is 32.8 Å². The molecular formula is C17H30N4O. The van der Waals surface area contributed by atoms with Gasteiger partial charge in [0.25, 0.3) is 0 Å². The highest BCUT2D eigenvalue weighted by Crippen LogP contribution is 2.08. The van der Waals surface area contributed by atoms with Crippen molar-refractivity contribution in [2.75, 3.05) is 14.2 Å². The molecule has 22 heavy (non-hydrogen) atoms. The topological polar surface area (TPSA) is 58.5 Å². The number of nitrogens with zero attached hydrogens (tertiary/aromatic N) is 2. The number of methoxy groups -OCH3 is 1. The SMILES string of the molecule is CN=C(NCc1ccc(OC)nc1)NC(C)CCCC(C)C. The van der Waals surface area contributed by atoms with Gasteiger partial charge in [0.1, 0.15) is 0 Å². The van der Waals surface area contributed by atoms with Crippen LogP contribution in [0.15, 0.2) is 23.3 Å². The summed E-state index contributed by atoms with van der Waals surface area (Å²) in [6.07, 6.45) is 5.48. The zero-order valence-electron chi connectivity index (χ0n) is 14.5. The van der Waals surface area contributed by atoms with Gasteiger partial charge in [-0.05, 0) is 24.8 Å². The number of nitrogens with one attached hydrogen (secondary N) is 2. The summed E-state index contributed by atoms with van der Waals surface area (Å²) in [7, 11) is 3.41. The van der Waals surface area contributed by atoms with E-state index in [4.69, 9.17) is 4.74 Å². The predicted molar refractivity (Wildman–Crippen MR) is 92.3 cm³/mol. The molecule has 1 rings (SSSR count). The van der Waals surface area contributed by atoms with Gasteiger partial charge in [0.05, 0.1) is 7.11 Å². The standard InChI is InChI=1S/C17H30N4O/c1-13(2)7-6-8-14(3)21-17(18-4)20-12-15-9-10-16(22-5)19-11-15/h9-11,13-14H,6-8,12H2,1-5H3,(H2,18,20,21). The van der Waals surface area contributed by atoms with Gasteiger partial charge in [0.2, 0.25) is 5.88 Å². The molecule has 1 atom stereocenters. The number of pyridine rings is 1. The van der Waals surface area contributed by atoms with E-state index in [9.17, 15) is 0 Å². The van der Waals surface area contributed by atoms with Crippen molar-refractivity contribution in [2.45, 2.75) is 52.6 Å². The van der Waals surface area contributed by atoms with E-state index in [1.54, 1.807) is 14.2 Å². The highest BCUT2D eigenvalue weighted by atomic mass is 16.5. The lowest BCUT2D eigenvalue weighted by Gasteiger charge is -2.18. The molecule has 5 heteroatoms. The van der Waals surface area contributed by atoms with Crippen LogP contribution in [0.5, 0.6) is 5.88 Å². The maximum absolute atomic E-state index is 5.06. The van der Waals surface area contributed by atoms with Crippen LogP contribution in [0, 0.1) is 5.92 Å². The molecule has 0 aliphatic rings. The van der Waals surface area contributed by atoms with Crippen LogP contribution in [0.2, 0.25) is 0 Å². The highest BCUT2D eigenvalue weighted by molar-refractivity contribution is 5.79. The van der Waals surface area contributed by atoms with Gasteiger partial charge in [0.15, 0.2) is 5.96 Å². The van der Waals surface area contributed by atoms with E-state index in [2.05, 4.69) is 41.4 Å². The van der Waals surface area contributed by atoms with E-state index < -0.39 is 0 Å². The minimum absolute atomic E-state index is 0.416. The molecule has 0 aliphatic carbocycles. The van der Waals surface area contributed by atoms with E-state index in [-0.39, 0.29) is 0 Å². The number of guanidine groups is 1. The lowest BCUT2D eigenvalue weighted by molar-refractivity contribution is 0.397. The predicted octanol–water partition coefficient (Wildman–Crippen LogP) is 2.97. The third-order valence-corrected chi connectivity index (χ3v) is 3.49. The zero-order chi connectivity index (χ0) is 16.4. The number of ether oxygens (including phenoxy) is 1. The summed E-state index contributed by atoms with van der Waals surface area (Å²) >= 11 is 0. The Balaban J connectivity index is 2.35. The van der Waals surface area contributed by atoms with Gasteiger partial charge in [-0.3, -0.25) is 4.99 Å². The molecule has 1 unspecified atom stereocenters. The average Bonchev–Trinajstić information content (AvgIpc) is 2.51. The Morgan fingerprint density at radius 2 is 2.05 bits per heavy atom.